The number of aryl methyl sites for hydroxylation is 1. The lowest BCUT2D eigenvalue weighted by atomic mass is 10.0. The number of hydrogen-bond donors (Lipinski definition) is 1. The van der Waals surface area contributed by atoms with E-state index in [9.17, 15) is 9.18 Å². The summed E-state index contributed by atoms with van der Waals surface area (Å²) in [4.78, 5) is 23.4. The Balaban J connectivity index is 1.46. The van der Waals surface area contributed by atoms with E-state index in [1.807, 2.05) is 35.8 Å². The summed E-state index contributed by atoms with van der Waals surface area (Å²) in [7, 11) is 0. The third kappa shape index (κ3) is 4.31. The van der Waals surface area contributed by atoms with Crippen molar-refractivity contribution in [1.29, 1.82) is 0 Å². The quantitative estimate of drug-likeness (QED) is 0.424. The zero-order chi connectivity index (χ0) is 23.8. The Labute approximate surface area is 205 Å². The van der Waals surface area contributed by atoms with Gasteiger partial charge in [-0.2, -0.15) is 0 Å². The summed E-state index contributed by atoms with van der Waals surface area (Å²) in [6, 6.07) is 11.4. The van der Waals surface area contributed by atoms with E-state index in [1.54, 1.807) is 6.07 Å². The van der Waals surface area contributed by atoms with Crippen molar-refractivity contribution in [3.05, 3.63) is 87.7 Å². The predicted octanol–water partition coefficient (Wildman–Crippen LogP) is 4.88. The SMILES string of the molecule is CCc1cnc2ccc(N3C[C@@H](NC(=O)c4cc(Cl)c(Cl)cn4)C[C@@H]3c3cccc(F)c3)nn12. The lowest BCUT2D eigenvalue weighted by Crippen LogP contribution is -2.37. The normalized spacial score (nSPS) is 17.9. The molecule has 1 aromatic carbocycles. The van der Waals surface area contributed by atoms with Crippen LogP contribution in [0.2, 0.25) is 10.0 Å². The third-order valence-electron chi connectivity index (χ3n) is 5.99. The Bertz CT molecular complexity index is 1380. The Hall–Kier alpha value is -3.23. The monoisotopic (exact) mass is 498 g/mol. The molecule has 0 bridgehead atoms. The molecule has 4 heterocycles. The van der Waals surface area contributed by atoms with Gasteiger partial charge in [-0.25, -0.2) is 18.9 Å². The van der Waals surface area contributed by atoms with Crippen molar-refractivity contribution in [3.8, 4) is 0 Å². The zero-order valence-electron chi connectivity index (χ0n) is 18.3. The standard InChI is InChI=1S/C24H21Cl2FN6O/c1-2-17-11-29-22-6-7-23(31-33(17)22)32-13-16(9-21(32)14-4-3-5-15(27)8-14)30-24(34)20-10-18(25)19(26)12-28-20/h3-8,10-12,16,21H,2,9,13H2,1H3,(H,30,34)/t16-,21+/m0/s1. The highest BCUT2D eigenvalue weighted by Crippen LogP contribution is 2.36. The number of carbonyl (C=O) groups is 1. The Kier molecular flexibility index (Phi) is 6.10. The first-order chi connectivity index (χ1) is 16.4. The van der Waals surface area contributed by atoms with E-state index >= 15 is 0 Å². The van der Waals surface area contributed by atoms with Gasteiger partial charge in [-0.1, -0.05) is 42.3 Å². The molecule has 0 saturated carbocycles. The molecule has 1 amide bonds. The molecule has 174 valence electrons. The molecule has 1 N–H and O–H groups in total. The molecule has 0 spiro atoms. The maximum absolute atomic E-state index is 14.1. The van der Waals surface area contributed by atoms with Crippen molar-refractivity contribution in [1.82, 2.24) is 24.9 Å². The van der Waals surface area contributed by atoms with E-state index in [0.717, 1.165) is 29.1 Å². The van der Waals surface area contributed by atoms with Gasteiger partial charge in [0, 0.05) is 18.8 Å². The number of anilines is 1. The summed E-state index contributed by atoms with van der Waals surface area (Å²) in [5.41, 5.74) is 2.75. The first-order valence-electron chi connectivity index (χ1n) is 10.9. The Morgan fingerprint density at radius 2 is 2.00 bits per heavy atom. The van der Waals surface area contributed by atoms with Crippen LogP contribution in [0, 0.1) is 5.82 Å². The number of pyridine rings is 1. The maximum Gasteiger partial charge on any atom is 0.270 e. The topological polar surface area (TPSA) is 75.4 Å². The van der Waals surface area contributed by atoms with Gasteiger partial charge in [-0.05, 0) is 48.7 Å². The molecule has 34 heavy (non-hydrogen) atoms. The molecule has 3 aromatic heterocycles. The van der Waals surface area contributed by atoms with Crippen molar-refractivity contribution >= 4 is 40.6 Å². The van der Waals surface area contributed by atoms with Crippen LogP contribution in [0.3, 0.4) is 0 Å². The van der Waals surface area contributed by atoms with Crippen molar-refractivity contribution in [3.63, 3.8) is 0 Å². The highest BCUT2D eigenvalue weighted by Gasteiger charge is 2.35. The van der Waals surface area contributed by atoms with Crippen molar-refractivity contribution in [2.75, 3.05) is 11.4 Å². The number of fused-ring (bicyclic) bond motifs is 1. The van der Waals surface area contributed by atoms with Gasteiger partial charge in [0.25, 0.3) is 5.91 Å². The first kappa shape index (κ1) is 22.6. The van der Waals surface area contributed by atoms with Gasteiger partial charge in [-0.15, -0.1) is 5.10 Å². The van der Waals surface area contributed by atoms with Crippen LogP contribution in [0.1, 0.15) is 41.1 Å². The summed E-state index contributed by atoms with van der Waals surface area (Å²) in [5, 5.41) is 8.38. The molecule has 1 aliphatic rings. The number of benzene rings is 1. The number of carbonyl (C=O) groups excluding carboxylic acids is 1. The highest BCUT2D eigenvalue weighted by atomic mass is 35.5. The summed E-state index contributed by atoms with van der Waals surface area (Å²) in [6.45, 7) is 2.54. The van der Waals surface area contributed by atoms with Gasteiger partial charge < -0.3 is 10.2 Å². The van der Waals surface area contributed by atoms with Gasteiger partial charge in [0.15, 0.2) is 5.65 Å². The summed E-state index contributed by atoms with van der Waals surface area (Å²) in [5.74, 6) is 0.0600. The largest absolute Gasteiger partial charge is 0.346 e. The Morgan fingerprint density at radius 1 is 1.15 bits per heavy atom. The number of nitrogens with one attached hydrogen (secondary N) is 1. The number of aromatic nitrogens is 4. The van der Waals surface area contributed by atoms with Crippen LogP contribution in [-0.2, 0) is 6.42 Å². The second-order valence-corrected chi connectivity index (χ2v) is 8.99. The average Bonchev–Trinajstić information content (AvgIpc) is 3.44. The van der Waals surface area contributed by atoms with Crippen molar-refractivity contribution < 1.29 is 9.18 Å². The average molecular weight is 499 g/mol. The van der Waals surface area contributed by atoms with E-state index in [-0.39, 0.29) is 39.5 Å². The van der Waals surface area contributed by atoms with Crippen LogP contribution in [0.25, 0.3) is 5.65 Å². The fourth-order valence-electron chi connectivity index (χ4n) is 4.33. The summed E-state index contributed by atoms with van der Waals surface area (Å²) < 4.78 is 15.9. The summed E-state index contributed by atoms with van der Waals surface area (Å²) in [6.07, 6.45) is 4.53. The van der Waals surface area contributed by atoms with Gasteiger partial charge in [0.1, 0.15) is 17.3 Å². The van der Waals surface area contributed by atoms with E-state index in [1.165, 1.54) is 24.4 Å². The maximum atomic E-state index is 14.1. The van der Waals surface area contributed by atoms with Gasteiger partial charge >= 0.3 is 0 Å². The molecular formula is C24H21Cl2FN6O. The predicted molar refractivity (Wildman–Crippen MR) is 129 cm³/mol. The molecule has 4 aromatic rings. The van der Waals surface area contributed by atoms with Crippen LogP contribution in [-0.4, -0.2) is 38.1 Å². The minimum absolute atomic E-state index is 0.179. The molecule has 0 radical (unpaired) electrons. The van der Waals surface area contributed by atoms with Crippen LogP contribution < -0.4 is 10.2 Å². The van der Waals surface area contributed by atoms with Gasteiger partial charge in [-0.3, -0.25) is 4.79 Å². The fourth-order valence-corrected chi connectivity index (χ4v) is 4.58. The molecule has 2 atom stereocenters. The van der Waals surface area contributed by atoms with E-state index in [0.29, 0.717) is 13.0 Å². The second-order valence-electron chi connectivity index (χ2n) is 8.18. The number of nitrogens with zero attached hydrogens (tertiary/aromatic N) is 5. The number of imidazole rings is 1. The molecule has 0 unspecified atom stereocenters. The third-order valence-corrected chi connectivity index (χ3v) is 6.70. The van der Waals surface area contributed by atoms with E-state index < -0.39 is 0 Å². The fraction of sp³-hybridized carbons (Fsp3) is 0.250. The smallest absolute Gasteiger partial charge is 0.270 e. The molecule has 1 saturated heterocycles. The zero-order valence-corrected chi connectivity index (χ0v) is 19.8. The van der Waals surface area contributed by atoms with Crippen LogP contribution in [0.5, 0.6) is 0 Å². The van der Waals surface area contributed by atoms with Crippen LogP contribution in [0.15, 0.2) is 54.9 Å². The molecule has 5 rings (SSSR count). The highest BCUT2D eigenvalue weighted by molar-refractivity contribution is 6.42. The minimum atomic E-state index is -0.352. The van der Waals surface area contributed by atoms with Crippen LogP contribution >= 0.6 is 23.2 Å². The van der Waals surface area contributed by atoms with Crippen molar-refractivity contribution in [2.24, 2.45) is 0 Å². The molecule has 1 fully saturated rings. The molecule has 0 aliphatic carbocycles. The molecular weight excluding hydrogens is 478 g/mol. The first-order valence-corrected chi connectivity index (χ1v) is 11.7. The lowest BCUT2D eigenvalue weighted by Gasteiger charge is -2.26. The summed E-state index contributed by atoms with van der Waals surface area (Å²) >= 11 is 12.0. The second kappa shape index (κ2) is 9.19. The Morgan fingerprint density at radius 3 is 2.76 bits per heavy atom. The molecule has 7 nitrogen and oxygen atoms in total. The number of halogens is 3. The number of hydrogen-bond acceptors (Lipinski definition) is 5. The molecule has 10 heteroatoms. The van der Waals surface area contributed by atoms with Gasteiger partial charge in [0.2, 0.25) is 0 Å². The number of rotatable bonds is 5. The van der Waals surface area contributed by atoms with Crippen molar-refractivity contribution in [2.45, 2.75) is 31.8 Å². The lowest BCUT2D eigenvalue weighted by molar-refractivity contribution is 0.0935. The van der Waals surface area contributed by atoms with E-state index in [2.05, 4.69) is 20.2 Å². The number of amides is 1. The molecule has 1 aliphatic heterocycles. The van der Waals surface area contributed by atoms with Gasteiger partial charge in [0.05, 0.1) is 28.0 Å². The van der Waals surface area contributed by atoms with E-state index in [4.69, 9.17) is 28.3 Å². The minimum Gasteiger partial charge on any atom is -0.346 e. The van der Waals surface area contributed by atoms with Crippen LogP contribution in [0.4, 0.5) is 10.2 Å².